The second-order valence-electron chi connectivity index (χ2n) is 4.77. The van der Waals surface area contributed by atoms with Crippen LogP contribution in [0.5, 0.6) is 5.75 Å². The Morgan fingerprint density at radius 3 is 2.50 bits per heavy atom. The molecule has 0 aromatic heterocycles. The Bertz CT molecular complexity index is 836. The summed E-state index contributed by atoms with van der Waals surface area (Å²) >= 11 is 0. The molecular formula is C17H13N3O4. The number of non-ortho nitro benzene ring substituents is 1. The monoisotopic (exact) mass is 323 g/mol. The quantitative estimate of drug-likeness (QED) is 0.379. The van der Waals surface area contributed by atoms with E-state index < -0.39 is 10.8 Å². The number of nitrogens with two attached hydrogens (primary N) is 1. The van der Waals surface area contributed by atoms with Crippen molar-refractivity contribution in [3.05, 3.63) is 69.8 Å². The van der Waals surface area contributed by atoms with Crippen LogP contribution in [0.3, 0.4) is 0 Å². The van der Waals surface area contributed by atoms with Gasteiger partial charge in [-0.25, -0.2) is 0 Å². The van der Waals surface area contributed by atoms with Crippen LogP contribution < -0.4 is 10.5 Å². The Morgan fingerprint density at radius 1 is 1.25 bits per heavy atom. The molecule has 0 radical (unpaired) electrons. The molecule has 0 saturated carbocycles. The molecule has 0 aliphatic rings. The molecule has 24 heavy (non-hydrogen) atoms. The van der Waals surface area contributed by atoms with Crippen molar-refractivity contribution in [2.75, 3.05) is 6.61 Å². The Labute approximate surface area is 137 Å². The standard InChI is InChI=1S/C17H13N3O4/c18-10-14(12-5-7-15(8-6-12)20(22)23)9-13-3-1-2-4-16(13)24-11-17(19)21/h1-9H,11H2,(H2,19,21)/b14-9+. The summed E-state index contributed by atoms with van der Waals surface area (Å²) in [5.74, 6) is -0.199. The molecule has 0 spiro atoms. The van der Waals surface area contributed by atoms with Gasteiger partial charge >= 0.3 is 0 Å². The van der Waals surface area contributed by atoms with Crippen molar-refractivity contribution >= 4 is 23.2 Å². The third-order valence-corrected chi connectivity index (χ3v) is 3.10. The molecular weight excluding hydrogens is 310 g/mol. The van der Waals surface area contributed by atoms with E-state index in [1.54, 1.807) is 30.3 Å². The van der Waals surface area contributed by atoms with Crippen LogP contribution in [0.2, 0.25) is 0 Å². The number of rotatable bonds is 6. The molecule has 2 aromatic carbocycles. The van der Waals surface area contributed by atoms with Gasteiger partial charge in [-0.05, 0) is 29.8 Å². The molecule has 0 heterocycles. The van der Waals surface area contributed by atoms with Gasteiger partial charge in [-0.3, -0.25) is 14.9 Å². The van der Waals surface area contributed by atoms with Gasteiger partial charge in [0.1, 0.15) is 5.75 Å². The number of nitro benzene ring substituents is 1. The summed E-state index contributed by atoms with van der Waals surface area (Å²) in [6.45, 7) is -0.274. The van der Waals surface area contributed by atoms with Crippen LogP contribution in [0.25, 0.3) is 11.6 Å². The first kappa shape index (κ1) is 16.7. The highest BCUT2D eigenvalue weighted by Crippen LogP contribution is 2.25. The predicted octanol–water partition coefficient (Wildman–Crippen LogP) is 2.52. The van der Waals surface area contributed by atoms with Gasteiger partial charge in [0.2, 0.25) is 0 Å². The van der Waals surface area contributed by atoms with E-state index in [2.05, 4.69) is 6.07 Å². The maximum absolute atomic E-state index is 10.8. The van der Waals surface area contributed by atoms with Crippen molar-refractivity contribution in [3.8, 4) is 11.8 Å². The molecule has 0 aliphatic heterocycles. The molecule has 0 fully saturated rings. The second-order valence-corrected chi connectivity index (χ2v) is 4.77. The van der Waals surface area contributed by atoms with Crippen molar-refractivity contribution in [1.82, 2.24) is 0 Å². The summed E-state index contributed by atoms with van der Waals surface area (Å²) in [5, 5.41) is 20.0. The summed E-state index contributed by atoms with van der Waals surface area (Å²) in [5.41, 5.74) is 6.44. The number of nitro groups is 1. The first-order valence-corrected chi connectivity index (χ1v) is 6.88. The van der Waals surface area contributed by atoms with Crippen molar-refractivity contribution in [2.24, 2.45) is 5.73 Å². The number of allylic oxidation sites excluding steroid dienone is 1. The molecule has 0 aliphatic carbocycles. The van der Waals surface area contributed by atoms with E-state index in [1.165, 1.54) is 24.3 Å². The number of ether oxygens (including phenoxy) is 1. The van der Waals surface area contributed by atoms with Crippen LogP contribution in [0.1, 0.15) is 11.1 Å². The molecule has 0 atom stereocenters. The minimum absolute atomic E-state index is 0.0544. The molecule has 0 unspecified atom stereocenters. The van der Waals surface area contributed by atoms with E-state index >= 15 is 0 Å². The Morgan fingerprint density at radius 2 is 1.92 bits per heavy atom. The van der Waals surface area contributed by atoms with Gasteiger partial charge in [0, 0.05) is 17.7 Å². The second kappa shape index (κ2) is 7.56. The van der Waals surface area contributed by atoms with E-state index in [9.17, 15) is 20.2 Å². The Kier molecular flexibility index (Phi) is 5.26. The number of hydrogen-bond acceptors (Lipinski definition) is 5. The molecule has 2 N–H and O–H groups in total. The number of hydrogen-bond donors (Lipinski definition) is 1. The fourth-order valence-corrected chi connectivity index (χ4v) is 1.98. The molecule has 2 aromatic rings. The number of nitriles is 1. The maximum Gasteiger partial charge on any atom is 0.269 e. The summed E-state index contributed by atoms with van der Waals surface area (Å²) in [6.07, 6.45) is 1.58. The van der Waals surface area contributed by atoms with E-state index in [0.717, 1.165) is 0 Å². The lowest BCUT2D eigenvalue weighted by molar-refractivity contribution is -0.384. The fraction of sp³-hybridized carbons (Fsp3) is 0.0588. The van der Waals surface area contributed by atoms with E-state index in [4.69, 9.17) is 10.5 Å². The first-order chi connectivity index (χ1) is 11.5. The Hall–Kier alpha value is -3.66. The molecule has 2 rings (SSSR count). The van der Waals surface area contributed by atoms with Gasteiger partial charge in [0.15, 0.2) is 6.61 Å². The van der Waals surface area contributed by atoms with Crippen LogP contribution in [-0.2, 0) is 4.79 Å². The lowest BCUT2D eigenvalue weighted by Crippen LogP contribution is -2.20. The van der Waals surface area contributed by atoms with Crippen molar-refractivity contribution in [1.29, 1.82) is 5.26 Å². The maximum atomic E-state index is 10.8. The highest BCUT2D eigenvalue weighted by atomic mass is 16.6. The third kappa shape index (κ3) is 4.18. The summed E-state index contributed by atoms with van der Waals surface area (Å²) in [6, 6.07) is 14.6. The van der Waals surface area contributed by atoms with Gasteiger partial charge in [0.25, 0.3) is 11.6 Å². The van der Waals surface area contributed by atoms with Gasteiger partial charge in [-0.15, -0.1) is 0 Å². The lowest BCUT2D eigenvalue weighted by Gasteiger charge is -2.08. The van der Waals surface area contributed by atoms with Gasteiger partial charge in [-0.2, -0.15) is 5.26 Å². The van der Waals surface area contributed by atoms with Crippen LogP contribution >= 0.6 is 0 Å². The zero-order valence-corrected chi connectivity index (χ0v) is 12.5. The number of carbonyl (C=O) groups excluding carboxylic acids is 1. The minimum atomic E-state index is -0.607. The summed E-state index contributed by atoms with van der Waals surface area (Å²) in [7, 11) is 0. The summed E-state index contributed by atoms with van der Waals surface area (Å²) in [4.78, 5) is 21.0. The van der Waals surface area contributed by atoms with Gasteiger partial charge in [0.05, 0.1) is 16.6 Å². The predicted molar refractivity (Wildman–Crippen MR) is 87.7 cm³/mol. The molecule has 0 saturated heterocycles. The number of carbonyl (C=O) groups is 1. The smallest absolute Gasteiger partial charge is 0.269 e. The van der Waals surface area contributed by atoms with Gasteiger partial charge in [-0.1, -0.05) is 18.2 Å². The van der Waals surface area contributed by atoms with Crippen LogP contribution in [-0.4, -0.2) is 17.4 Å². The molecule has 7 nitrogen and oxygen atoms in total. The molecule has 0 bridgehead atoms. The van der Waals surface area contributed by atoms with Crippen LogP contribution in [0.15, 0.2) is 48.5 Å². The van der Waals surface area contributed by atoms with Crippen LogP contribution in [0.4, 0.5) is 5.69 Å². The first-order valence-electron chi connectivity index (χ1n) is 6.88. The zero-order chi connectivity index (χ0) is 17.5. The van der Waals surface area contributed by atoms with Crippen molar-refractivity contribution < 1.29 is 14.5 Å². The van der Waals surface area contributed by atoms with E-state index in [-0.39, 0.29) is 12.3 Å². The molecule has 120 valence electrons. The number of para-hydroxylation sites is 1. The fourth-order valence-electron chi connectivity index (χ4n) is 1.98. The van der Waals surface area contributed by atoms with Crippen molar-refractivity contribution in [2.45, 2.75) is 0 Å². The zero-order valence-electron chi connectivity index (χ0n) is 12.5. The van der Waals surface area contributed by atoms with E-state index in [0.29, 0.717) is 22.4 Å². The average molecular weight is 323 g/mol. The van der Waals surface area contributed by atoms with Crippen LogP contribution in [0, 0.1) is 21.4 Å². The molecule has 1 amide bonds. The average Bonchev–Trinajstić information content (AvgIpc) is 2.58. The minimum Gasteiger partial charge on any atom is -0.483 e. The van der Waals surface area contributed by atoms with Crippen molar-refractivity contribution in [3.63, 3.8) is 0 Å². The topological polar surface area (TPSA) is 119 Å². The molecule has 7 heteroatoms. The third-order valence-electron chi connectivity index (χ3n) is 3.10. The Balaban J connectivity index is 2.35. The lowest BCUT2D eigenvalue weighted by atomic mass is 10.0. The highest BCUT2D eigenvalue weighted by Gasteiger charge is 2.09. The number of amides is 1. The van der Waals surface area contributed by atoms with E-state index in [1.807, 2.05) is 0 Å². The normalized spacial score (nSPS) is 10.7. The largest absolute Gasteiger partial charge is 0.483 e. The summed E-state index contributed by atoms with van der Waals surface area (Å²) < 4.78 is 5.31. The number of benzene rings is 2. The SMILES string of the molecule is N#C/C(=C\c1ccccc1OCC(N)=O)c1ccc([N+](=O)[O-])cc1. The number of nitrogens with zero attached hydrogens (tertiary/aromatic N) is 2. The highest BCUT2D eigenvalue weighted by molar-refractivity contribution is 5.90. The number of primary amides is 1. The van der Waals surface area contributed by atoms with Gasteiger partial charge < -0.3 is 10.5 Å².